The van der Waals surface area contributed by atoms with E-state index in [9.17, 15) is 13.2 Å². The van der Waals surface area contributed by atoms with Crippen LogP contribution >= 0.6 is 0 Å². The van der Waals surface area contributed by atoms with Gasteiger partial charge in [-0.25, -0.2) is 14.4 Å². The smallest absolute Gasteiger partial charge is 0.323 e. The number of nitrogens with zero attached hydrogens (tertiary/aromatic N) is 4. The van der Waals surface area contributed by atoms with Gasteiger partial charge in [-0.15, -0.1) is 0 Å². The van der Waals surface area contributed by atoms with E-state index in [1.165, 1.54) is 6.20 Å². The lowest BCUT2D eigenvalue weighted by molar-refractivity contribution is 0.0332. The molecule has 0 radical (unpaired) electrons. The minimum absolute atomic E-state index is 0.132. The molecule has 3 heterocycles. The zero-order valence-electron chi connectivity index (χ0n) is 13.4. The van der Waals surface area contributed by atoms with Gasteiger partial charge >= 0.3 is 5.92 Å². The summed E-state index contributed by atoms with van der Waals surface area (Å²) in [5.41, 5.74) is 0.521. The van der Waals surface area contributed by atoms with Crippen molar-refractivity contribution in [1.82, 2.24) is 30.4 Å². The largest absolute Gasteiger partial charge is 0.331 e. The second-order valence-corrected chi connectivity index (χ2v) is 5.67. The van der Waals surface area contributed by atoms with E-state index >= 15 is 0 Å². The fourth-order valence-corrected chi connectivity index (χ4v) is 2.46. The van der Waals surface area contributed by atoms with Gasteiger partial charge in [0.15, 0.2) is 11.5 Å². The summed E-state index contributed by atoms with van der Waals surface area (Å²) in [6.07, 6.45) is 1.43. The van der Waals surface area contributed by atoms with Crippen molar-refractivity contribution in [3.63, 3.8) is 0 Å². The fraction of sp³-hybridized carbons (Fsp3) is 0.125. The summed E-state index contributed by atoms with van der Waals surface area (Å²) in [5.74, 6) is -4.32. The van der Waals surface area contributed by atoms with E-state index in [0.717, 1.165) is 30.0 Å². The molecule has 3 N–H and O–H groups in total. The standard InChI is InChI=1S/C16H12F3N7/c1-8-6-12(25-24-8)21-13-11-7-20-26-14(11)23-15(22-13)16(18,19)9-2-4-10(17)5-3-9/h2-7H,1H3,(H3,20,21,22,23,24,25,26). The lowest BCUT2D eigenvalue weighted by Crippen LogP contribution is -2.20. The van der Waals surface area contributed by atoms with Crippen LogP contribution in [0.15, 0.2) is 36.5 Å². The van der Waals surface area contributed by atoms with Crippen LogP contribution in [0.2, 0.25) is 0 Å². The maximum absolute atomic E-state index is 14.8. The number of alkyl halides is 2. The van der Waals surface area contributed by atoms with Gasteiger partial charge in [-0.3, -0.25) is 10.2 Å². The number of fused-ring (bicyclic) bond motifs is 1. The van der Waals surface area contributed by atoms with Crippen molar-refractivity contribution in [2.75, 3.05) is 5.32 Å². The van der Waals surface area contributed by atoms with Gasteiger partial charge in [0.05, 0.1) is 11.6 Å². The third-order valence-electron chi connectivity index (χ3n) is 3.75. The molecule has 1 aromatic carbocycles. The van der Waals surface area contributed by atoms with Gasteiger partial charge in [-0.2, -0.15) is 19.0 Å². The molecule has 0 aliphatic carbocycles. The highest BCUT2D eigenvalue weighted by Gasteiger charge is 2.38. The monoisotopic (exact) mass is 359 g/mol. The maximum atomic E-state index is 14.8. The number of halogens is 3. The predicted octanol–water partition coefficient (Wildman–Crippen LogP) is 3.41. The molecule has 0 saturated carbocycles. The van der Waals surface area contributed by atoms with E-state index in [-0.39, 0.29) is 11.5 Å². The van der Waals surface area contributed by atoms with Gasteiger partial charge < -0.3 is 5.32 Å². The molecule has 0 fully saturated rings. The van der Waals surface area contributed by atoms with Crippen LogP contribution in [0.1, 0.15) is 17.1 Å². The molecular formula is C16H12F3N7. The van der Waals surface area contributed by atoms with Crippen molar-refractivity contribution in [2.45, 2.75) is 12.8 Å². The molecule has 4 aromatic rings. The first kappa shape index (κ1) is 16.1. The van der Waals surface area contributed by atoms with Crippen LogP contribution in [-0.4, -0.2) is 30.4 Å². The molecule has 7 nitrogen and oxygen atoms in total. The summed E-state index contributed by atoms with van der Waals surface area (Å²) in [6, 6.07) is 5.62. The third kappa shape index (κ3) is 2.75. The quantitative estimate of drug-likeness (QED) is 0.519. The van der Waals surface area contributed by atoms with E-state index < -0.39 is 23.1 Å². The topological polar surface area (TPSA) is 95.2 Å². The average Bonchev–Trinajstić information content (AvgIpc) is 3.24. The Balaban J connectivity index is 1.81. The molecule has 0 unspecified atom stereocenters. The molecule has 132 valence electrons. The number of hydrogen-bond acceptors (Lipinski definition) is 5. The third-order valence-corrected chi connectivity index (χ3v) is 3.75. The van der Waals surface area contributed by atoms with Gasteiger partial charge in [0.1, 0.15) is 11.6 Å². The molecule has 0 spiro atoms. The summed E-state index contributed by atoms with van der Waals surface area (Å²) in [5, 5.41) is 16.5. The molecule has 0 aliphatic heterocycles. The number of benzene rings is 1. The molecule has 0 aliphatic rings. The van der Waals surface area contributed by atoms with Crippen LogP contribution in [0.4, 0.5) is 24.8 Å². The van der Waals surface area contributed by atoms with Crippen LogP contribution in [0.25, 0.3) is 11.0 Å². The minimum atomic E-state index is -3.52. The van der Waals surface area contributed by atoms with Gasteiger partial charge in [0.25, 0.3) is 0 Å². The second kappa shape index (κ2) is 5.83. The van der Waals surface area contributed by atoms with Crippen LogP contribution in [0.3, 0.4) is 0 Å². The van der Waals surface area contributed by atoms with Crippen LogP contribution in [0, 0.1) is 12.7 Å². The Morgan fingerprint density at radius 3 is 2.54 bits per heavy atom. The molecule has 3 aromatic heterocycles. The van der Waals surface area contributed by atoms with Gasteiger partial charge in [-0.05, 0) is 31.2 Å². The maximum Gasteiger partial charge on any atom is 0.331 e. The fourth-order valence-electron chi connectivity index (χ4n) is 2.46. The highest BCUT2D eigenvalue weighted by atomic mass is 19.3. The number of aromatic nitrogens is 6. The van der Waals surface area contributed by atoms with E-state index in [1.54, 1.807) is 13.0 Å². The van der Waals surface area contributed by atoms with Crippen LogP contribution in [0.5, 0.6) is 0 Å². The first-order valence-electron chi connectivity index (χ1n) is 7.58. The zero-order chi connectivity index (χ0) is 18.3. The van der Waals surface area contributed by atoms with Crippen molar-refractivity contribution in [2.24, 2.45) is 0 Å². The average molecular weight is 359 g/mol. The van der Waals surface area contributed by atoms with E-state index in [0.29, 0.717) is 11.2 Å². The molecule has 4 rings (SSSR count). The highest BCUT2D eigenvalue weighted by Crippen LogP contribution is 2.35. The Kier molecular flexibility index (Phi) is 3.60. The lowest BCUT2D eigenvalue weighted by atomic mass is 10.1. The summed E-state index contributed by atoms with van der Waals surface area (Å²) in [4.78, 5) is 7.84. The minimum Gasteiger partial charge on any atom is -0.323 e. The number of aromatic amines is 2. The van der Waals surface area contributed by atoms with Crippen molar-refractivity contribution in [3.8, 4) is 0 Å². The van der Waals surface area contributed by atoms with E-state index in [1.807, 2.05) is 0 Å². The first-order valence-corrected chi connectivity index (χ1v) is 7.58. The Morgan fingerprint density at radius 1 is 1.08 bits per heavy atom. The van der Waals surface area contributed by atoms with E-state index in [2.05, 4.69) is 35.7 Å². The summed E-state index contributed by atoms with van der Waals surface area (Å²) in [6.45, 7) is 1.81. The molecule has 0 bridgehead atoms. The molecule has 0 amide bonds. The summed E-state index contributed by atoms with van der Waals surface area (Å²) < 4.78 is 42.7. The molecule has 0 saturated heterocycles. The Labute approximate surface area is 144 Å². The molecule has 0 atom stereocenters. The van der Waals surface area contributed by atoms with Crippen molar-refractivity contribution >= 4 is 22.7 Å². The Morgan fingerprint density at radius 2 is 1.85 bits per heavy atom. The molecule has 26 heavy (non-hydrogen) atoms. The Bertz CT molecular complexity index is 1070. The highest BCUT2D eigenvalue weighted by molar-refractivity contribution is 5.87. The normalized spacial score (nSPS) is 11.8. The van der Waals surface area contributed by atoms with Gasteiger partial charge in [0.2, 0.25) is 5.82 Å². The van der Waals surface area contributed by atoms with E-state index in [4.69, 9.17) is 0 Å². The van der Waals surface area contributed by atoms with Crippen molar-refractivity contribution in [1.29, 1.82) is 0 Å². The number of H-pyrrole nitrogens is 2. The van der Waals surface area contributed by atoms with Crippen LogP contribution in [-0.2, 0) is 5.92 Å². The lowest BCUT2D eigenvalue weighted by Gasteiger charge is -2.16. The summed E-state index contributed by atoms with van der Waals surface area (Å²) in [7, 11) is 0. The van der Waals surface area contributed by atoms with Gasteiger partial charge in [0, 0.05) is 17.3 Å². The second-order valence-electron chi connectivity index (χ2n) is 5.67. The molecular weight excluding hydrogens is 347 g/mol. The van der Waals surface area contributed by atoms with Gasteiger partial charge in [-0.1, -0.05) is 0 Å². The Hall–Kier alpha value is -3.43. The number of hydrogen-bond donors (Lipinski definition) is 3. The number of nitrogens with one attached hydrogen (secondary N) is 3. The zero-order valence-corrected chi connectivity index (χ0v) is 13.4. The number of anilines is 2. The van der Waals surface area contributed by atoms with Crippen LogP contribution < -0.4 is 5.32 Å². The predicted molar refractivity (Wildman–Crippen MR) is 87.7 cm³/mol. The summed E-state index contributed by atoms with van der Waals surface area (Å²) >= 11 is 0. The van der Waals surface area contributed by atoms with Crippen molar-refractivity contribution in [3.05, 3.63) is 59.4 Å². The first-order chi connectivity index (χ1) is 12.4. The SMILES string of the molecule is Cc1cc(Nc2nc(C(F)(F)c3ccc(F)cc3)nc3[nH]ncc23)n[nH]1. The molecule has 10 heteroatoms. The van der Waals surface area contributed by atoms with Crippen molar-refractivity contribution < 1.29 is 13.2 Å². The number of rotatable bonds is 4. The number of aryl methyl sites for hydroxylation is 1.